The van der Waals surface area contributed by atoms with E-state index in [2.05, 4.69) is 10.1 Å². The molecule has 0 aliphatic heterocycles. The zero-order chi connectivity index (χ0) is 14.6. The smallest absolute Gasteiger partial charge is 0.338 e. The number of rotatable bonds is 4. The molecule has 5 nitrogen and oxygen atoms in total. The zero-order valence-electron chi connectivity index (χ0n) is 11.7. The van der Waals surface area contributed by atoms with Crippen LogP contribution in [0.1, 0.15) is 29.8 Å². The van der Waals surface area contributed by atoms with Crippen LogP contribution in [0.25, 0.3) is 0 Å². The molecule has 1 rings (SSSR count). The van der Waals surface area contributed by atoms with E-state index in [1.807, 2.05) is 13.8 Å². The lowest BCUT2D eigenvalue weighted by Gasteiger charge is -2.17. The van der Waals surface area contributed by atoms with E-state index in [4.69, 9.17) is 5.73 Å². The summed E-state index contributed by atoms with van der Waals surface area (Å²) in [5.74, 6) is -0.647. The molecule has 1 amide bonds. The van der Waals surface area contributed by atoms with Gasteiger partial charge in [-0.15, -0.1) is 0 Å². The van der Waals surface area contributed by atoms with Crippen molar-refractivity contribution in [3.05, 3.63) is 29.3 Å². The van der Waals surface area contributed by atoms with Gasteiger partial charge in [-0.05, 0) is 30.5 Å². The first kappa shape index (κ1) is 15.2. The third kappa shape index (κ3) is 3.54. The summed E-state index contributed by atoms with van der Waals surface area (Å²) in [6.07, 6.45) is 0. The molecule has 19 heavy (non-hydrogen) atoms. The minimum Gasteiger partial charge on any atom is -0.465 e. The topological polar surface area (TPSA) is 81.4 Å². The summed E-state index contributed by atoms with van der Waals surface area (Å²) in [6.45, 7) is 5.51. The predicted octanol–water partition coefficient (Wildman–Crippen LogP) is 1.70. The van der Waals surface area contributed by atoms with Gasteiger partial charge in [0.05, 0.1) is 18.7 Å². The van der Waals surface area contributed by atoms with Crippen molar-refractivity contribution in [1.82, 2.24) is 0 Å². The quantitative estimate of drug-likeness (QED) is 0.811. The minimum absolute atomic E-state index is 0.0455. The van der Waals surface area contributed by atoms with Gasteiger partial charge in [0.15, 0.2) is 0 Å². The maximum atomic E-state index is 11.9. The number of nitrogens with one attached hydrogen (secondary N) is 1. The average molecular weight is 264 g/mol. The molecule has 0 bridgehead atoms. The summed E-state index contributed by atoms with van der Waals surface area (Å²) >= 11 is 0. The monoisotopic (exact) mass is 264 g/mol. The summed E-state index contributed by atoms with van der Waals surface area (Å²) in [4.78, 5) is 23.5. The van der Waals surface area contributed by atoms with Gasteiger partial charge in [-0.3, -0.25) is 4.79 Å². The van der Waals surface area contributed by atoms with E-state index in [9.17, 15) is 9.59 Å². The van der Waals surface area contributed by atoms with Crippen LogP contribution in [0.15, 0.2) is 18.2 Å². The molecule has 1 aromatic carbocycles. The molecule has 5 heteroatoms. The van der Waals surface area contributed by atoms with E-state index in [1.54, 1.807) is 25.1 Å². The first-order valence-corrected chi connectivity index (χ1v) is 6.12. The summed E-state index contributed by atoms with van der Waals surface area (Å²) < 4.78 is 4.69. The normalized spacial score (nSPS) is 12.1. The molecular weight excluding hydrogens is 244 g/mol. The molecule has 0 radical (unpaired) electrons. The summed E-state index contributed by atoms with van der Waals surface area (Å²) in [7, 11) is 1.32. The molecule has 0 aromatic heterocycles. The highest BCUT2D eigenvalue weighted by molar-refractivity contribution is 5.98. The summed E-state index contributed by atoms with van der Waals surface area (Å²) in [6, 6.07) is 4.49. The maximum absolute atomic E-state index is 11.9. The van der Waals surface area contributed by atoms with Crippen LogP contribution in [0.5, 0.6) is 0 Å². The lowest BCUT2D eigenvalue weighted by Crippen LogP contribution is -2.39. The number of anilines is 1. The number of amides is 1. The average Bonchev–Trinajstić information content (AvgIpc) is 2.39. The molecule has 0 fully saturated rings. The van der Waals surface area contributed by atoms with Crippen LogP contribution in [0.3, 0.4) is 0 Å². The molecule has 0 heterocycles. The Morgan fingerprint density at radius 3 is 2.47 bits per heavy atom. The summed E-state index contributed by atoms with van der Waals surface area (Å²) in [5, 5.41) is 2.74. The third-order valence-electron chi connectivity index (χ3n) is 3.02. The number of methoxy groups -OCH3 is 1. The van der Waals surface area contributed by atoms with Crippen LogP contribution in [0, 0.1) is 12.8 Å². The van der Waals surface area contributed by atoms with E-state index in [1.165, 1.54) is 7.11 Å². The molecule has 1 aromatic rings. The van der Waals surface area contributed by atoms with Crippen LogP contribution in [0.4, 0.5) is 5.69 Å². The van der Waals surface area contributed by atoms with Gasteiger partial charge in [0.2, 0.25) is 5.91 Å². The largest absolute Gasteiger partial charge is 0.465 e. The van der Waals surface area contributed by atoms with Gasteiger partial charge >= 0.3 is 5.97 Å². The fraction of sp³-hybridized carbons (Fsp3) is 0.429. The van der Waals surface area contributed by atoms with Gasteiger partial charge in [0, 0.05) is 5.69 Å². The van der Waals surface area contributed by atoms with Crippen molar-refractivity contribution >= 4 is 17.6 Å². The van der Waals surface area contributed by atoms with Crippen molar-refractivity contribution in [3.63, 3.8) is 0 Å². The number of hydrogen-bond acceptors (Lipinski definition) is 4. The molecule has 104 valence electrons. The second-order valence-corrected chi connectivity index (χ2v) is 4.73. The molecule has 0 saturated heterocycles. The van der Waals surface area contributed by atoms with Crippen molar-refractivity contribution in [2.24, 2.45) is 11.7 Å². The van der Waals surface area contributed by atoms with E-state index < -0.39 is 12.0 Å². The SMILES string of the molecule is COC(=O)c1cccc(NC(=O)C(N)C(C)C)c1C. The van der Waals surface area contributed by atoms with Crippen molar-refractivity contribution < 1.29 is 14.3 Å². The highest BCUT2D eigenvalue weighted by atomic mass is 16.5. The molecule has 3 N–H and O–H groups in total. The van der Waals surface area contributed by atoms with Crippen molar-refractivity contribution in [2.45, 2.75) is 26.8 Å². The number of benzene rings is 1. The number of hydrogen-bond donors (Lipinski definition) is 2. The van der Waals surface area contributed by atoms with Gasteiger partial charge in [-0.1, -0.05) is 19.9 Å². The Labute approximate surface area is 113 Å². The molecule has 0 spiro atoms. The second kappa shape index (κ2) is 6.33. The third-order valence-corrected chi connectivity index (χ3v) is 3.02. The predicted molar refractivity (Wildman–Crippen MR) is 74.0 cm³/mol. The van der Waals surface area contributed by atoms with Crippen molar-refractivity contribution in [2.75, 3.05) is 12.4 Å². The van der Waals surface area contributed by atoms with Gasteiger partial charge in [-0.25, -0.2) is 4.79 Å². The molecular formula is C14H20N2O3. The van der Waals surface area contributed by atoms with E-state index >= 15 is 0 Å². The fourth-order valence-corrected chi connectivity index (χ4v) is 1.62. The Bertz CT molecular complexity index is 484. The molecule has 0 aliphatic carbocycles. The lowest BCUT2D eigenvalue weighted by molar-refractivity contribution is -0.118. The lowest BCUT2D eigenvalue weighted by atomic mass is 10.0. The number of esters is 1. The zero-order valence-corrected chi connectivity index (χ0v) is 11.7. The van der Waals surface area contributed by atoms with Gasteiger partial charge in [0.1, 0.15) is 0 Å². The Morgan fingerprint density at radius 2 is 1.95 bits per heavy atom. The van der Waals surface area contributed by atoms with Crippen LogP contribution in [-0.2, 0) is 9.53 Å². The molecule has 0 aliphatic rings. The van der Waals surface area contributed by atoms with Crippen LogP contribution < -0.4 is 11.1 Å². The summed E-state index contributed by atoms with van der Waals surface area (Å²) in [5.41, 5.74) is 7.45. The van der Waals surface area contributed by atoms with Gasteiger partial charge in [0.25, 0.3) is 0 Å². The highest BCUT2D eigenvalue weighted by Crippen LogP contribution is 2.20. The first-order chi connectivity index (χ1) is 8.88. The van der Waals surface area contributed by atoms with Crippen LogP contribution in [-0.4, -0.2) is 25.0 Å². The number of nitrogens with two attached hydrogens (primary N) is 1. The number of carbonyl (C=O) groups excluding carboxylic acids is 2. The van der Waals surface area contributed by atoms with Gasteiger partial charge < -0.3 is 15.8 Å². The van der Waals surface area contributed by atoms with Crippen molar-refractivity contribution in [1.29, 1.82) is 0 Å². The Hall–Kier alpha value is -1.88. The van der Waals surface area contributed by atoms with E-state index in [0.717, 1.165) is 0 Å². The van der Waals surface area contributed by atoms with Crippen LogP contribution in [0.2, 0.25) is 0 Å². The van der Waals surface area contributed by atoms with Gasteiger partial charge in [-0.2, -0.15) is 0 Å². The highest BCUT2D eigenvalue weighted by Gasteiger charge is 2.19. The number of ether oxygens (including phenoxy) is 1. The van der Waals surface area contributed by atoms with E-state index in [-0.39, 0.29) is 11.8 Å². The Kier molecular flexibility index (Phi) is 5.06. The second-order valence-electron chi connectivity index (χ2n) is 4.73. The number of carbonyl (C=O) groups is 2. The van der Waals surface area contributed by atoms with Crippen molar-refractivity contribution in [3.8, 4) is 0 Å². The molecule has 1 unspecified atom stereocenters. The maximum Gasteiger partial charge on any atom is 0.338 e. The Balaban J connectivity index is 2.97. The Morgan fingerprint density at radius 1 is 1.32 bits per heavy atom. The first-order valence-electron chi connectivity index (χ1n) is 6.12. The molecule has 1 atom stereocenters. The van der Waals surface area contributed by atoms with Crippen LogP contribution >= 0.6 is 0 Å². The minimum atomic E-state index is -0.582. The van der Waals surface area contributed by atoms with E-state index in [0.29, 0.717) is 16.8 Å². The fourth-order valence-electron chi connectivity index (χ4n) is 1.62. The standard InChI is InChI=1S/C14H20N2O3/c1-8(2)12(15)13(17)16-11-7-5-6-10(9(11)3)14(18)19-4/h5-8,12H,15H2,1-4H3,(H,16,17). The molecule has 0 saturated carbocycles.